The average Bonchev–Trinajstić information content (AvgIpc) is 3.17. The van der Waals surface area contributed by atoms with Crippen LogP contribution in [-0.4, -0.2) is 4.98 Å². The van der Waals surface area contributed by atoms with Crippen molar-refractivity contribution in [3.05, 3.63) is 65.2 Å². The highest BCUT2D eigenvalue weighted by Crippen LogP contribution is 2.57. The summed E-state index contributed by atoms with van der Waals surface area (Å²) >= 11 is 0. The van der Waals surface area contributed by atoms with E-state index in [-0.39, 0.29) is 0 Å². The second-order valence-corrected chi connectivity index (χ2v) is 6.88. The zero-order valence-electron chi connectivity index (χ0n) is 12.8. The standard InChI is InChI=1S/C21H19N/c1-13-7-10-18-17(11-13)19-15-8-9-16(12-15)20(19)21(22-18)14-5-3-2-4-6-14/h2-7,10-11,15-16H,8-9,12H2,1H3. The summed E-state index contributed by atoms with van der Waals surface area (Å²) in [5.41, 5.74) is 8.18. The Kier molecular flexibility index (Phi) is 2.49. The van der Waals surface area contributed by atoms with Crippen molar-refractivity contribution in [2.45, 2.75) is 38.0 Å². The first-order valence-corrected chi connectivity index (χ1v) is 8.31. The van der Waals surface area contributed by atoms with E-state index in [1.165, 1.54) is 41.5 Å². The van der Waals surface area contributed by atoms with E-state index in [9.17, 15) is 0 Å². The van der Waals surface area contributed by atoms with E-state index < -0.39 is 0 Å². The van der Waals surface area contributed by atoms with Gasteiger partial charge in [0.2, 0.25) is 0 Å². The van der Waals surface area contributed by atoms with Crippen LogP contribution in [0.5, 0.6) is 0 Å². The molecule has 3 aromatic rings. The predicted octanol–water partition coefficient (Wildman–Crippen LogP) is 5.57. The normalized spacial score (nSPS) is 22.2. The summed E-state index contributed by atoms with van der Waals surface area (Å²) in [6.45, 7) is 2.18. The molecule has 2 bridgehead atoms. The molecule has 22 heavy (non-hydrogen) atoms. The van der Waals surface area contributed by atoms with Gasteiger partial charge in [-0.3, -0.25) is 0 Å². The average molecular weight is 285 g/mol. The van der Waals surface area contributed by atoms with Crippen molar-refractivity contribution in [1.29, 1.82) is 0 Å². The van der Waals surface area contributed by atoms with Gasteiger partial charge in [0, 0.05) is 10.9 Å². The third kappa shape index (κ3) is 1.62. The van der Waals surface area contributed by atoms with Gasteiger partial charge in [-0.25, -0.2) is 4.98 Å². The van der Waals surface area contributed by atoms with Crippen LogP contribution in [0.15, 0.2) is 48.5 Å². The number of aryl methyl sites for hydroxylation is 1. The van der Waals surface area contributed by atoms with Crippen molar-refractivity contribution < 1.29 is 0 Å². The van der Waals surface area contributed by atoms with Gasteiger partial charge in [-0.2, -0.15) is 0 Å². The molecule has 1 fully saturated rings. The molecule has 1 heterocycles. The van der Waals surface area contributed by atoms with Gasteiger partial charge in [-0.05, 0) is 61.3 Å². The van der Waals surface area contributed by atoms with Crippen LogP contribution in [0.25, 0.3) is 22.2 Å². The molecule has 0 N–H and O–H groups in total. The molecule has 0 saturated heterocycles. The van der Waals surface area contributed by atoms with Crippen molar-refractivity contribution in [2.24, 2.45) is 0 Å². The molecule has 2 aliphatic rings. The summed E-state index contributed by atoms with van der Waals surface area (Å²) in [4.78, 5) is 5.08. The van der Waals surface area contributed by atoms with E-state index in [2.05, 4.69) is 55.5 Å². The molecular formula is C21H19N. The van der Waals surface area contributed by atoms with Gasteiger partial charge in [0.15, 0.2) is 0 Å². The summed E-state index contributed by atoms with van der Waals surface area (Å²) < 4.78 is 0. The minimum atomic E-state index is 0.729. The van der Waals surface area contributed by atoms with Crippen LogP contribution in [-0.2, 0) is 0 Å². The van der Waals surface area contributed by atoms with Gasteiger partial charge in [-0.1, -0.05) is 42.0 Å². The molecule has 2 atom stereocenters. The lowest BCUT2D eigenvalue weighted by Crippen LogP contribution is -2.04. The molecule has 1 saturated carbocycles. The van der Waals surface area contributed by atoms with Gasteiger partial charge in [0.25, 0.3) is 0 Å². The van der Waals surface area contributed by atoms with Gasteiger partial charge in [-0.15, -0.1) is 0 Å². The summed E-state index contributed by atoms with van der Waals surface area (Å²) in [6, 6.07) is 17.5. The molecule has 1 nitrogen and oxygen atoms in total. The topological polar surface area (TPSA) is 12.9 Å². The Balaban J connectivity index is 1.89. The number of hydrogen-bond acceptors (Lipinski definition) is 1. The van der Waals surface area contributed by atoms with Crippen LogP contribution < -0.4 is 0 Å². The summed E-state index contributed by atoms with van der Waals surface area (Å²) in [5.74, 6) is 1.49. The summed E-state index contributed by atoms with van der Waals surface area (Å²) in [7, 11) is 0. The number of hydrogen-bond donors (Lipinski definition) is 0. The molecule has 0 radical (unpaired) electrons. The first-order chi connectivity index (χ1) is 10.8. The highest BCUT2D eigenvalue weighted by atomic mass is 14.7. The summed E-state index contributed by atoms with van der Waals surface area (Å²) in [6.07, 6.45) is 4.04. The fourth-order valence-corrected chi connectivity index (χ4v) is 4.59. The third-order valence-electron chi connectivity index (χ3n) is 5.52. The molecule has 108 valence electrons. The minimum Gasteiger partial charge on any atom is -0.247 e. The maximum atomic E-state index is 5.08. The lowest BCUT2D eigenvalue weighted by Gasteiger charge is -2.21. The molecule has 0 amide bonds. The number of aromatic nitrogens is 1. The number of pyridine rings is 1. The smallest absolute Gasteiger partial charge is 0.0747 e. The van der Waals surface area contributed by atoms with E-state index in [1.807, 2.05) is 0 Å². The van der Waals surface area contributed by atoms with Crippen molar-refractivity contribution >= 4 is 10.9 Å². The Bertz CT molecular complexity index is 879. The highest BCUT2D eigenvalue weighted by molar-refractivity contribution is 5.90. The van der Waals surface area contributed by atoms with Crippen molar-refractivity contribution in [3.8, 4) is 11.3 Å². The van der Waals surface area contributed by atoms with E-state index >= 15 is 0 Å². The van der Waals surface area contributed by atoms with E-state index in [0.29, 0.717) is 0 Å². The third-order valence-corrected chi connectivity index (χ3v) is 5.52. The number of rotatable bonds is 1. The van der Waals surface area contributed by atoms with Crippen molar-refractivity contribution in [1.82, 2.24) is 4.98 Å². The molecule has 1 heteroatoms. The lowest BCUT2D eigenvalue weighted by molar-refractivity contribution is 0.720. The summed E-state index contributed by atoms with van der Waals surface area (Å²) in [5, 5.41) is 1.40. The van der Waals surface area contributed by atoms with E-state index in [0.717, 1.165) is 17.4 Å². The van der Waals surface area contributed by atoms with E-state index in [1.54, 1.807) is 11.1 Å². The Morgan fingerprint density at radius 1 is 0.909 bits per heavy atom. The largest absolute Gasteiger partial charge is 0.247 e. The zero-order valence-corrected chi connectivity index (χ0v) is 12.8. The monoisotopic (exact) mass is 285 g/mol. The fourth-order valence-electron chi connectivity index (χ4n) is 4.59. The maximum absolute atomic E-state index is 5.08. The number of nitrogens with zero attached hydrogens (tertiary/aromatic N) is 1. The minimum absolute atomic E-state index is 0.729. The maximum Gasteiger partial charge on any atom is 0.0747 e. The quantitative estimate of drug-likeness (QED) is 0.569. The van der Waals surface area contributed by atoms with Crippen LogP contribution in [0.1, 0.15) is 47.8 Å². The van der Waals surface area contributed by atoms with Crippen LogP contribution in [0.4, 0.5) is 0 Å². The van der Waals surface area contributed by atoms with Crippen molar-refractivity contribution in [2.75, 3.05) is 0 Å². The van der Waals surface area contributed by atoms with Crippen LogP contribution >= 0.6 is 0 Å². The van der Waals surface area contributed by atoms with Gasteiger partial charge >= 0.3 is 0 Å². The Morgan fingerprint density at radius 2 is 1.68 bits per heavy atom. The van der Waals surface area contributed by atoms with Gasteiger partial charge in [0.05, 0.1) is 11.2 Å². The molecule has 2 unspecified atom stereocenters. The molecule has 2 aromatic carbocycles. The lowest BCUT2D eigenvalue weighted by atomic mass is 9.86. The second-order valence-electron chi connectivity index (χ2n) is 6.88. The van der Waals surface area contributed by atoms with E-state index in [4.69, 9.17) is 4.98 Å². The zero-order chi connectivity index (χ0) is 14.7. The molecule has 1 aromatic heterocycles. The SMILES string of the molecule is Cc1ccc2nc(-c3ccccc3)c3c(c2c1)C1CCC3C1. The van der Waals surface area contributed by atoms with Crippen LogP contribution in [0.3, 0.4) is 0 Å². The van der Waals surface area contributed by atoms with Crippen LogP contribution in [0.2, 0.25) is 0 Å². The van der Waals surface area contributed by atoms with Crippen LogP contribution in [0, 0.1) is 6.92 Å². The molecule has 0 spiro atoms. The molecule has 0 aliphatic heterocycles. The van der Waals surface area contributed by atoms with Gasteiger partial charge in [0.1, 0.15) is 0 Å². The highest BCUT2D eigenvalue weighted by Gasteiger charge is 2.40. The predicted molar refractivity (Wildman–Crippen MR) is 91.2 cm³/mol. The molecular weight excluding hydrogens is 266 g/mol. The first kappa shape index (κ1) is 12.4. The number of fused-ring (bicyclic) bond motifs is 7. The molecule has 5 rings (SSSR count). The Labute approximate surface area is 131 Å². The first-order valence-electron chi connectivity index (χ1n) is 8.31. The fraction of sp³-hybridized carbons (Fsp3) is 0.286. The number of benzene rings is 2. The van der Waals surface area contributed by atoms with Gasteiger partial charge < -0.3 is 0 Å². The Hall–Kier alpha value is -2.15. The van der Waals surface area contributed by atoms with Crippen molar-refractivity contribution in [3.63, 3.8) is 0 Å². The second kappa shape index (κ2) is 4.42. The molecule has 2 aliphatic carbocycles. The Morgan fingerprint density at radius 3 is 2.50 bits per heavy atom.